The molecule has 0 atom stereocenters. The van der Waals surface area contributed by atoms with Crippen molar-refractivity contribution in [1.82, 2.24) is 4.90 Å². The van der Waals surface area contributed by atoms with E-state index in [0.717, 1.165) is 22.8 Å². The summed E-state index contributed by atoms with van der Waals surface area (Å²) >= 11 is 6.79. The van der Waals surface area contributed by atoms with Crippen LogP contribution in [0.15, 0.2) is 23.1 Å². The van der Waals surface area contributed by atoms with Gasteiger partial charge >= 0.3 is 0 Å². The lowest BCUT2D eigenvalue weighted by atomic mass is 10.1. The highest BCUT2D eigenvalue weighted by Crippen LogP contribution is 2.28. The van der Waals surface area contributed by atoms with Crippen molar-refractivity contribution < 1.29 is 4.74 Å². The molecule has 2 rings (SSSR count). The van der Waals surface area contributed by atoms with Crippen LogP contribution >= 0.6 is 24.0 Å². The molecule has 3 nitrogen and oxygen atoms in total. The van der Waals surface area contributed by atoms with E-state index in [9.17, 15) is 0 Å². The fourth-order valence-corrected chi connectivity index (χ4v) is 3.42. The van der Waals surface area contributed by atoms with Crippen LogP contribution in [0.1, 0.15) is 24.8 Å². The molecule has 2 N–H and O–H groups in total. The predicted octanol–water partition coefficient (Wildman–Crippen LogP) is 2.91. The molecule has 0 radical (unpaired) electrons. The van der Waals surface area contributed by atoms with Crippen LogP contribution in [0.25, 0.3) is 0 Å². The molecule has 0 bridgehead atoms. The van der Waals surface area contributed by atoms with Crippen molar-refractivity contribution >= 4 is 29.0 Å². The summed E-state index contributed by atoms with van der Waals surface area (Å²) in [6.07, 6.45) is 5.99. The Morgan fingerprint density at radius 3 is 2.75 bits per heavy atom. The van der Waals surface area contributed by atoms with Crippen molar-refractivity contribution in [2.75, 3.05) is 32.5 Å². The number of benzene rings is 1. The predicted molar refractivity (Wildman–Crippen MR) is 89.9 cm³/mol. The first-order chi connectivity index (χ1) is 9.72. The first-order valence-corrected chi connectivity index (χ1v) is 8.67. The van der Waals surface area contributed by atoms with E-state index in [1.54, 1.807) is 11.8 Å². The Kier molecular flexibility index (Phi) is 6.13. The first-order valence-electron chi connectivity index (χ1n) is 7.04. The van der Waals surface area contributed by atoms with Gasteiger partial charge in [0.2, 0.25) is 0 Å². The highest BCUT2D eigenvalue weighted by molar-refractivity contribution is 7.98. The third-order valence-electron chi connectivity index (χ3n) is 3.57. The molecule has 110 valence electrons. The van der Waals surface area contributed by atoms with Crippen LogP contribution < -0.4 is 10.5 Å². The lowest BCUT2D eigenvalue weighted by Gasteiger charge is -2.26. The summed E-state index contributed by atoms with van der Waals surface area (Å²) in [5.41, 5.74) is 6.70. The number of hydrogen-bond donors (Lipinski definition) is 1. The molecule has 5 heteroatoms. The lowest BCUT2D eigenvalue weighted by Crippen LogP contribution is -2.33. The quantitative estimate of drug-likeness (QED) is 0.646. The van der Waals surface area contributed by atoms with E-state index < -0.39 is 0 Å². The maximum absolute atomic E-state index is 5.92. The van der Waals surface area contributed by atoms with Gasteiger partial charge in [0.05, 0.1) is 5.56 Å². The van der Waals surface area contributed by atoms with Crippen LogP contribution in [0.4, 0.5) is 0 Å². The van der Waals surface area contributed by atoms with Gasteiger partial charge in [-0.25, -0.2) is 0 Å². The number of likely N-dealkylation sites (tertiary alicyclic amines) is 1. The molecule has 0 aromatic heterocycles. The summed E-state index contributed by atoms with van der Waals surface area (Å²) in [6.45, 7) is 4.04. The van der Waals surface area contributed by atoms with Crippen LogP contribution in [-0.4, -0.2) is 42.4 Å². The van der Waals surface area contributed by atoms with Crippen LogP contribution in [-0.2, 0) is 0 Å². The molecular weight excluding hydrogens is 288 g/mol. The number of nitrogens with two attached hydrogens (primary N) is 1. The molecule has 0 saturated carbocycles. The average molecular weight is 310 g/mol. The standard InChI is InChI=1S/C15H22N2OS2/c1-20-13-7-5-6-12(14(13)15(16)19)18-11-10-17-8-3-2-4-9-17/h5-7H,2-4,8-11H2,1H3,(H2,16,19). The zero-order chi connectivity index (χ0) is 14.4. The maximum Gasteiger partial charge on any atom is 0.130 e. The molecule has 1 aromatic rings. The molecule has 0 amide bonds. The Labute approximate surface area is 130 Å². The second-order valence-corrected chi connectivity index (χ2v) is 6.24. The van der Waals surface area contributed by atoms with Gasteiger partial charge in [0.15, 0.2) is 0 Å². The molecule has 1 fully saturated rings. The molecule has 20 heavy (non-hydrogen) atoms. The molecule has 0 unspecified atom stereocenters. The van der Waals surface area contributed by atoms with E-state index in [-0.39, 0.29) is 0 Å². The topological polar surface area (TPSA) is 38.5 Å². The van der Waals surface area contributed by atoms with Gasteiger partial charge in [-0.05, 0) is 44.3 Å². The zero-order valence-electron chi connectivity index (χ0n) is 11.9. The summed E-state index contributed by atoms with van der Waals surface area (Å²) in [5.74, 6) is 0.807. The van der Waals surface area contributed by atoms with Gasteiger partial charge in [-0.3, -0.25) is 4.90 Å². The van der Waals surface area contributed by atoms with Gasteiger partial charge in [-0.1, -0.05) is 24.7 Å². The molecular formula is C15H22N2OS2. The third kappa shape index (κ3) is 4.11. The number of nitrogens with zero attached hydrogens (tertiary/aromatic N) is 1. The summed E-state index contributed by atoms with van der Waals surface area (Å²) in [5, 5.41) is 0. The molecule has 1 aromatic carbocycles. The van der Waals surface area contributed by atoms with Crippen molar-refractivity contribution in [3.8, 4) is 5.75 Å². The van der Waals surface area contributed by atoms with E-state index in [1.165, 1.54) is 32.4 Å². The number of thioether (sulfide) groups is 1. The fraction of sp³-hybridized carbons (Fsp3) is 0.533. The average Bonchev–Trinajstić information content (AvgIpc) is 2.47. The van der Waals surface area contributed by atoms with Crippen molar-refractivity contribution in [2.24, 2.45) is 5.73 Å². The normalized spacial score (nSPS) is 16.1. The minimum Gasteiger partial charge on any atom is -0.491 e. The minimum atomic E-state index is 0.405. The Morgan fingerprint density at radius 1 is 1.35 bits per heavy atom. The van der Waals surface area contributed by atoms with E-state index in [1.807, 2.05) is 24.5 Å². The summed E-state index contributed by atoms with van der Waals surface area (Å²) in [6, 6.07) is 5.96. The van der Waals surface area contributed by atoms with E-state index in [0.29, 0.717) is 11.6 Å². The Balaban J connectivity index is 1.96. The third-order valence-corrected chi connectivity index (χ3v) is 4.55. The largest absolute Gasteiger partial charge is 0.491 e. The fourth-order valence-electron chi connectivity index (χ4n) is 2.51. The van der Waals surface area contributed by atoms with Gasteiger partial charge in [0.25, 0.3) is 0 Å². The molecule has 0 aliphatic carbocycles. The summed E-state index contributed by atoms with van der Waals surface area (Å²) < 4.78 is 5.92. The minimum absolute atomic E-state index is 0.405. The van der Waals surface area contributed by atoms with Crippen molar-refractivity contribution in [1.29, 1.82) is 0 Å². The number of ether oxygens (including phenoxy) is 1. The molecule has 1 heterocycles. The number of thiocarbonyl (C=S) groups is 1. The second-order valence-electron chi connectivity index (χ2n) is 4.95. The Bertz CT molecular complexity index is 459. The number of rotatable bonds is 6. The number of piperidine rings is 1. The van der Waals surface area contributed by atoms with Gasteiger partial charge in [0.1, 0.15) is 17.3 Å². The van der Waals surface area contributed by atoms with E-state index in [2.05, 4.69) is 4.90 Å². The van der Waals surface area contributed by atoms with E-state index in [4.69, 9.17) is 22.7 Å². The Hall–Kier alpha value is -0.780. The van der Waals surface area contributed by atoms with Gasteiger partial charge in [-0.2, -0.15) is 0 Å². The molecule has 1 aliphatic rings. The molecule has 1 aliphatic heterocycles. The second kappa shape index (κ2) is 7.86. The van der Waals surface area contributed by atoms with Crippen LogP contribution in [0.3, 0.4) is 0 Å². The van der Waals surface area contributed by atoms with Crippen molar-refractivity contribution in [3.63, 3.8) is 0 Å². The summed E-state index contributed by atoms with van der Waals surface area (Å²) in [4.78, 5) is 3.94. The van der Waals surface area contributed by atoms with Crippen molar-refractivity contribution in [3.05, 3.63) is 23.8 Å². The monoisotopic (exact) mass is 310 g/mol. The number of hydrogen-bond acceptors (Lipinski definition) is 4. The lowest BCUT2D eigenvalue weighted by molar-refractivity contribution is 0.183. The summed E-state index contributed by atoms with van der Waals surface area (Å²) in [7, 11) is 0. The molecule has 0 spiro atoms. The zero-order valence-corrected chi connectivity index (χ0v) is 13.6. The first kappa shape index (κ1) is 15.6. The van der Waals surface area contributed by atoms with Gasteiger partial charge < -0.3 is 10.5 Å². The SMILES string of the molecule is CSc1cccc(OCCN2CCCCC2)c1C(N)=S. The highest BCUT2D eigenvalue weighted by atomic mass is 32.2. The highest BCUT2D eigenvalue weighted by Gasteiger charge is 2.13. The van der Waals surface area contributed by atoms with Gasteiger partial charge in [0, 0.05) is 11.4 Å². The van der Waals surface area contributed by atoms with Gasteiger partial charge in [-0.15, -0.1) is 11.8 Å². The smallest absolute Gasteiger partial charge is 0.130 e. The molecule has 1 saturated heterocycles. The Morgan fingerprint density at radius 2 is 2.10 bits per heavy atom. The van der Waals surface area contributed by atoms with Crippen molar-refractivity contribution in [2.45, 2.75) is 24.2 Å². The van der Waals surface area contributed by atoms with E-state index >= 15 is 0 Å². The van der Waals surface area contributed by atoms with Crippen LogP contribution in [0, 0.1) is 0 Å². The maximum atomic E-state index is 5.92. The van der Waals surface area contributed by atoms with Crippen LogP contribution in [0.2, 0.25) is 0 Å². The van der Waals surface area contributed by atoms with Crippen LogP contribution in [0.5, 0.6) is 5.75 Å².